The molecule has 124 valence electrons. The summed E-state index contributed by atoms with van der Waals surface area (Å²) in [5.74, 6) is 1.86. The van der Waals surface area contributed by atoms with Gasteiger partial charge in [-0.25, -0.2) is 9.97 Å². The maximum atomic E-state index is 9.08. The average molecular weight is 332 g/mol. The SMILES string of the molecule is Cc1cc(N2CCC(N(C)CCO)CC2)nc(-c2cccs2)n1. The summed E-state index contributed by atoms with van der Waals surface area (Å²) in [6.45, 7) is 5.01. The summed E-state index contributed by atoms with van der Waals surface area (Å²) < 4.78 is 0. The summed E-state index contributed by atoms with van der Waals surface area (Å²) in [4.78, 5) is 15.1. The number of nitrogens with zero attached hydrogens (tertiary/aromatic N) is 4. The van der Waals surface area contributed by atoms with E-state index >= 15 is 0 Å². The van der Waals surface area contributed by atoms with Crippen molar-refractivity contribution in [1.29, 1.82) is 0 Å². The lowest BCUT2D eigenvalue weighted by molar-refractivity contribution is 0.161. The Morgan fingerprint density at radius 2 is 2.13 bits per heavy atom. The average Bonchev–Trinajstić information content (AvgIpc) is 3.09. The van der Waals surface area contributed by atoms with Gasteiger partial charge in [0.15, 0.2) is 5.82 Å². The molecular weight excluding hydrogens is 308 g/mol. The number of likely N-dealkylation sites (N-methyl/N-ethyl adjacent to an activating group) is 1. The van der Waals surface area contributed by atoms with Gasteiger partial charge in [-0.15, -0.1) is 11.3 Å². The molecule has 2 aromatic heterocycles. The molecule has 1 N–H and O–H groups in total. The van der Waals surface area contributed by atoms with Crippen molar-refractivity contribution in [2.45, 2.75) is 25.8 Å². The van der Waals surface area contributed by atoms with Gasteiger partial charge in [-0.1, -0.05) is 6.07 Å². The predicted octanol–water partition coefficient (Wildman–Crippen LogP) is 2.41. The van der Waals surface area contributed by atoms with Crippen LogP contribution in [0.4, 0.5) is 5.82 Å². The second kappa shape index (κ2) is 7.38. The second-order valence-electron chi connectivity index (χ2n) is 6.09. The Labute approximate surface area is 141 Å². The first-order valence-electron chi connectivity index (χ1n) is 8.13. The lowest BCUT2D eigenvalue weighted by atomic mass is 10.0. The monoisotopic (exact) mass is 332 g/mol. The van der Waals surface area contributed by atoms with Gasteiger partial charge in [0.25, 0.3) is 0 Å². The molecule has 0 radical (unpaired) electrons. The zero-order chi connectivity index (χ0) is 16.2. The first-order chi connectivity index (χ1) is 11.2. The Kier molecular flexibility index (Phi) is 5.25. The van der Waals surface area contributed by atoms with Crippen LogP contribution in [0.3, 0.4) is 0 Å². The minimum atomic E-state index is 0.228. The van der Waals surface area contributed by atoms with Gasteiger partial charge in [-0.2, -0.15) is 0 Å². The van der Waals surface area contributed by atoms with Gasteiger partial charge in [0.1, 0.15) is 5.82 Å². The minimum Gasteiger partial charge on any atom is -0.395 e. The van der Waals surface area contributed by atoms with Crippen LogP contribution < -0.4 is 4.90 Å². The molecule has 2 aromatic rings. The highest BCUT2D eigenvalue weighted by Gasteiger charge is 2.23. The number of aliphatic hydroxyl groups excluding tert-OH is 1. The third kappa shape index (κ3) is 3.88. The standard InChI is InChI=1S/C17H24N4OS/c1-13-12-16(19-17(18-13)15-4-3-11-23-15)21-7-5-14(6-8-21)20(2)9-10-22/h3-4,11-12,14,22H,5-10H2,1-2H3. The highest BCUT2D eigenvalue weighted by molar-refractivity contribution is 7.13. The van der Waals surface area contributed by atoms with Crippen LogP contribution in [0.15, 0.2) is 23.6 Å². The number of aryl methyl sites for hydroxylation is 1. The summed E-state index contributed by atoms with van der Waals surface area (Å²) in [5, 5.41) is 11.1. The second-order valence-corrected chi connectivity index (χ2v) is 7.04. The fourth-order valence-corrected chi connectivity index (χ4v) is 3.76. The van der Waals surface area contributed by atoms with E-state index in [2.05, 4.69) is 39.3 Å². The molecule has 23 heavy (non-hydrogen) atoms. The quantitative estimate of drug-likeness (QED) is 0.911. The zero-order valence-corrected chi connectivity index (χ0v) is 14.6. The molecule has 6 heteroatoms. The normalized spacial score (nSPS) is 16.3. The molecule has 0 saturated carbocycles. The van der Waals surface area contributed by atoms with Crippen LogP contribution in [0.5, 0.6) is 0 Å². The maximum absolute atomic E-state index is 9.08. The molecule has 3 heterocycles. The summed E-state index contributed by atoms with van der Waals surface area (Å²) >= 11 is 1.68. The van der Waals surface area contributed by atoms with Gasteiger partial charge in [-0.05, 0) is 38.3 Å². The third-order valence-corrected chi connectivity index (χ3v) is 5.31. The van der Waals surface area contributed by atoms with E-state index in [9.17, 15) is 0 Å². The summed E-state index contributed by atoms with van der Waals surface area (Å²) in [6.07, 6.45) is 2.21. The molecule has 3 rings (SSSR count). The number of hydrogen-bond donors (Lipinski definition) is 1. The molecule has 0 amide bonds. The molecule has 0 bridgehead atoms. The van der Waals surface area contributed by atoms with E-state index < -0.39 is 0 Å². The van der Waals surface area contributed by atoms with Crippen LogP contribution >= 0.6 is 11.3 Å². The van der Waals surface area contributed by atoms with Crippen LogP contribution in [0.2, 0.25) is 0 Å². The summed E-state index contributed by atoms with van der Waals surface area (Å²) in [6, 6.07) is 6.74. The van der Waals surface area contributed by atoms with Crippen molar-refractivity contribution in [1.82, 2.24) is 14.9 Å². The predicted molar refractivity (Wildman–Crippen MR) is 95.0 cm³/mol. The number of thiophene rings is 1. The molecule has 1 saturated heterocycles. The molecule has 1 aliphatic heterocycles. The Hall–Kier alpha value is -1.50. The smallest absolute Gasteiger partial charge is 0.171 e. The Bertz CT molecular complexity index is 624. The van der Waals surface area contributed by atoms with Crippen molar-refractivity contribution in [3.63, 3.8) is 0 Å². The highest BCUT2D eigenvalue weighted by atomic mass is 32.1. The van der Waals surface area contributed by atoms with Crippen molar-refractivity contribution < 1.29 is 5.11 Å². The van der Waals surface area contributed by atoms with Gasteiger partial charge in [0, 0.05) is 37.4 Å². The van der Waals surface area contributed by atoms with Gasteiger partial charge in [0.2, 0.25) is 0 Å². The Morgan fingerprint density at radius 3 is 2.78 bits per heavy atom. The molecular formula is C17H24N4OS. The highest BCUT2D eigenvalue weighted by Crippen LogP contribution is 2.26. The van der Waals surface area contributed by atoms with Crippen LogP contribution in [0, 0.1) is 6.92 Å². The fraction of sp³-hybridized carbons (Fsp3) is 0.529. The van der Waals surface area contributed by atoms with Crippen molar-refractivity contribution in [3.05, 3.63) is 29.3 Å². The van der Waals surface area contributed by atoms with E-state index in [0.717, 1.165) is 54.7 Å². The van der Waals surface area contributed by atoms with Gasteiger partial charge >= 0.3 is 0 Å². The van der Waals surface area contributed by atoms with Crippen molar-refractivity contribution in [2.24, 2.45) is 0 Å². The van der Waals surface area contributed by atoms with E-state index in [1.54, 1.807) is 11.3 Å². The Balaban J connectivity index is 1.71. The number of piperidine rings is 1. The van der Waals surface area contributed by atoms with Crippen LogP contribution in [-0.2, 0) is 0 Å². The lowest BCUT2D eigenvalue weighted by Gasteiger charge is -2.37. The molecule has 1 aliphatic rings. The van der Waals surface area contributed by atoms with Crippen molar-refractivity contribution >= 4 is 17.2 Å². The number of aliphatic hydroxyl groups is 1. The van der Waals surface area contributed by atoms with Crippen molar-refractivity contribution in [3.8, 4) is 10.7 Å². The van der Waals surface area contributed by atoms with Crippen LogP contribution in [-0.4, -0.2) is 59.3 Å². The van der Waals surface area contributed by atoms with E-state index in [0.29, 0.717) is 6.04 Å². The van der Waals surface area contributed by atoms with Crippen molar-refractivity contribution in [2.75, 3.05) is 38.2 Å². The first-order valence-corrected chi connectivity index (χ1v) is 9.01. The molecule has 1 fully saturated rings. The fourth-order valence-electron chi connectivity index (χ4n) is 3.11. The van der Waals surface area contributed by atoms with Crippen LogP contribution in [0.25, 0.3) is 10.7 Å². The largest absolute Gasteiger partial charge is 0.395 e. The molecule has 0 spiro atoms. The van der Waals surface area contributed by atoms with Gasteiger partial charge in [-0.3, -0.25) is 0 Å². The lowest BCUT2D eigenvalue weighted by Crippen LogP contribution is -2.44. The number of aromatic nitrogens is 2. The molecule has 0 aromatic carbocycles. The first kappa shape index (κ1) is 16.4. The summed E-state index contributed by atoms with van der Waals surface area (Å²) in [7, 11) is 2.10. The number of hydrogen-bond acceptors (Lipinski definition) is 6. The molecule has 5 nitrogen and oxygen atoms in total. The molecule has 0 atom stereocenters. The van der Waals surface area contributed by atoms with Gasteiger partial charge < -0.3 is 14.9 Å². The van der Waals surface area contributed by atoms with E-state index in [1.807, 2.05) is 13.0 Å². The Morgan fingerprint density at radius 1 is 1.35 bits per heavy atom. The molecule has 0 unspecified atom stereocenters. The molecule has 0 aliphatic carbocycles. The van der Waals surface area contributed by atoms with E-state index in [1.165, 1.54) is 0 Å². The third-order valence-electron chi connectivity index (χ3n) is 4.45. The van der Waals surface area contributed by atoms with Gasteiger partial charge in [0.05, 0.1) is 11.5 Å². The van der Waals surface area contributed by atoms with Crippen LogP contribution in [0.1, 0.15) is 18.5 Å². The number of anilines is 1. The maximum Gasteiger partial charge on any atom is 0.171 e. The van der Waals surface area contributed by atoms with E-state index in [4.69, 9.17) is 10.1 Å². The minimum absolute atomic E-state index is 0.228. The summed E-state index contributed by atoms with van der Waals surface area (Å²) in [5.41, 5.74) is 1.01. The zero-order valence-electron chi connectivity index (χ0n) is 13.8. The number of rotatable bonds is 5. The van der Waals surface area contributed by atoms with E-state index in [-0.39, 0.29) is 6.61 Å². The topological polar surface area (TPSA) is 52.5 Å².